The van der Waals surface area contributed by atoms with E-state index in [2.05, 4.69) is 20.1 Å². The zero-order chi connectivity index (χ0) is 29.0. The van der Waals surface area contributed by atoms with Gasteiger partial charge in [-0.25, -0.2) is 4.98 Å². The number of aromatic nitrogens is 1. The molecule has 12 heteroatoms. The van der Waals surface area contributed by atoms with Crippen LogP contribution in [0.25, 0.3) is 10.4 Å². The monoisotopic (exact) mass is 592 g/mol. The lowest BCUT2D eigenvalue weighted by Gasteiger charge is -2.34. The summed E-state index contributed by atoms with van der Waals surface area (Å²) in [4.78, 5) is 22.8. The standard InChI is InChI=1S/C29H24F3N6OPS/c30-29(31,32)22-11-7-9-21(19-22)25(26(35-37-33)28(39)38-18-16-20-10-8-17-34-27(20)38)36-40(41,23-12-3-1-4-13-23)24-14-5-2-6-15-24/h1-15,17,19,25-26H,16,18H2,(H,36,41). The van der Waals surface area contributed by atoms with Crippen molar-refractivity contribution in [3.63, 3.8) is 0 Å². The third-order valence-corrected chi connectivity index (χ3v) is 11.1. The van der Waals surface area contributed by atoms with E-state index in [1.54, 1.807) is 12.3 Å². The van der Waals surface area contributed by atoms with Crippen LogP contribution >= 0.6 is 6.19 Å². The first-order chi connectivity index (χ1) is 19.7. The Morgan fingerprint density at radius 1 is 1.00 bits per heavy atom. The van der Waals surface area contributed by atoms with Gasteiger partial charge in [-0.1, -0.05) is 95.8 Å². The van der Waals surface area contributed by atoms with Gasteiger partial charge in [-0.2, -0.15) is 13.2 Å². The van der Waals surface area contributed by atoms with E-state index in [1.807, 2.05) is 66.7 Å². The summed E-state index contributed by atoms with van der Waals surface area (Å²) < 4.78 is 41.5. The maximum atomic E-state index is 14.1. The molecule has 1 aromatic heterocycles. The van der Waals surface area contributed by atoms with Gasteiger partial charge in [0.05, 0.1) is 17.8 Å². The summed E-state index contributed by atoms with van der Waals surface area (Å²) in [5, 5.41) is 8.74. The number of azide groups is 1. The maximum absolute atomic E-state index is 14.1. The van der Waals surface area contributed by atoms with E-state index in [0.29, 0.717) is 18.8 Å². The number of halogens is 3. The lowest BCUT2D eigenvalue weighted by molar-refractivity contribution is -0.137. The SMILES string of the molecule is [N-]=[N+]=NC(C(=O)N1CCc2cccnc21)C(NP(=S)(c1ccccc1)c1ccccc1)c1cccc(C(F)(F)F)c1. The van der Waals surface area contributed by atoms with Crippen molar-refractivity contribution in [2.75, 3.05) is 11.4 Å². The second kappa shape index (κ2) is 11.8. The summed E-state index contributed by atoms with van der Waals surface area (Å²) in [6.45, 7) is 0.295. The molecule has 2 unspecified atom stereocenters. The summed E-state index contributed by atoms with van der Waals surface area (Å²) in [7, 11) is 0. The van der Waals surface area contributed by atoms with Gasteiger partial charge in [-0.3, -0.25) is 14.8 Å². The molecule has 4 aromatic rings. The molecular formula is C29H24F3N6OPS. The molecule has 0 radical (unpaired) electrons. The summed E-state index contributed by atoms with van der Waals surface area (Å²) in [6, 6.07) is 24.0. The van der Waals surface area contributed by atoms with Gasteiger partial charge in [0.1, 0.15) is 11.9 Å². The molecule has 3 aromatic carbocycles. The molecular weight excluding hydrogens is 568 g/mol. The molecule has 1 N–H and O–H groups in total. The van der Waals surface area contributed by atoms with Crippen molar-refractivity contribution in [3.8, 4) is 0 Å². The Kier molecular flexibility index (Phi) is 8.24. The normalized spacial score (nSPS) is 14.6. The van der Waals surface area contributed by atoms with Crippen LogP contribution in [0.4, 0.5) is 19.0 Å². The van der Waals surface area contributed by atoms with Gasteiger partial charge in [0.2, 0.25) is 5.91 Å². The van der Waals surface area contributed by atoms with Crippen molar-refractivity contribution < 1.29 is 18.0 Å². The third-order valence-electron chi connectivity index (χ3n) is 6.87. The quantitative estimate of drug-likeness (QED) is 0.117. The number of amides is 1. The molecule has 0 fully saturated rings. The average molecular weight is 593 g/mol. The Morgan fingerprint density at radius 3 is 2.27 bits per heavy atom. The minimum absolute atomic E-state index is 0.118. The number of carbonyl (C=O) groups excluding carboxylic acids is 1. The van der Waals surface area contributed by atoms with Crippen LogP contribution in [0.15, 0.2) is 108 Å². The molecule has 0 spiro atoms. The molecule has 0 saturated heterocycles. The third kappa shape index (κ3) is 5.89. The Bertz CT molecular complexity index is 1600. The van der Waals surface area contributed by atoms with Gasteiger partial charge in [0.25, 0.3) is 0 Å². The van der Waals surface area contributed by atoms with Crippen LogP contribution in [-0.2, 0) is 29.2 Å². The predicted octanol–water partition coefficient (Wildman–Crippen LogP) is 6.04. The second-order valence-electron chi connectivity index (χ2n) is 9.39. The number of anilines is 1. The van der Waals surface area contributed by atoms with Crippen LogP contribution in [0.3, 0.4) is 0 Å². The summed E-state index contributed by atoms with van der Waals surface area (Å²) >= 11 is 6.31. The average Bonchev–Trinajstić information content (AvgIpc) is 3.43. The molecule has 0 bridgehead atoms. The van der Waals surface area contributed by atoms with Crippen molar-refractivity contribution in [2.24, 2.45) is 5.11 Å². The van der Waals surface area contributed by atoms with E-state index in [-0.39, 0.29) is 5.56 Å². The molecule has 1 aliphatic rings. The van der Waals surface area contributed by atoms with Gasteiger partial charge >= 0.3 is 6.18 Å². The van der Waals surface area contributed by atoms with E-state index < -0.39 is 35.9 Å². The minimum atomic E-state index is -4.63. The number of nitrogens with zero attached hydrogens (tertiary/aromatic N) is 5. The Morgan fingerprint density at radius 2 is 1.66 bits per heavy atom. The molecule has 1 aliphatic heterocycles. The first-order valence-corrected chi connectivity index (χ1v) is 15.5. The van der Waals surface area contributed by atoms with Crippen LogP contribution in [0.2, 0.25) is 0 Å². The van der Waals surface area contributed by atoms with Crippen LogP contribution < -0.4 is 20.6 Å². The topological polar surface area (TPSA) is 94.0 Å². The lowest BCUT2D eigenvalue weighted by atomic mass is 9.97. The fourth-order valence-electron chi connectivity index (χ4n) is 4.90. The minimum Gasteiger partial charge on any atom is -0.296 e. The number of rotatable bonds is 8. The first-order valence-electron chi connectivity index (χ1n) is 12.7. The predicted molar refractivity (Wildman–Crippen MR) is 157 cm³/mol. The van der Waals surface area contributed by atoms with Gasteiger partial charge in [0, 0.05) is 28.3 Å². The highest BCUT2D eigenvalue weighted by molar-refractivity contribution is 8.20. The van der Waals surface area contributed by atoms with E-state index in [4.69, 9.17) is 11.8 Å². The number of nitrogens with one attached hydrogen (secondary N) is 1. The number of hydrogen-bond donors (Lipinski definition) is 1. The van der Waals surface area contributed by atoms with Crippen LogP contribution in [0, 0.1) is 0 Å². The molecule has 2 heterocycles. The maximum Gasteiger partial charge on any atom is 0.416 e. The van der Waals surface area contributed by atoms with Crippen LogP contribution in [0.1, 0.15) is 22.7 Å². The van der Waals surface area contributed by atoms with Gasteiger partial charge in [-0.15, -0.1) is 0 Å². The number of fused-ring (bicyclic) bond motifs is 1. The Hall–Kier alpha value is -4.01. The van der Waals surface area contributed by atoms with E-state index in [0.717, 1.165) is 28.3 Å². The summed E-state index contributed by atoms with van der Waals surface area (Å²) in [6.07, 6.45) is -5.51. The molecule has 41 heavy (non-hydrogen) atoms. The van der Waals surface area contributed by atoms with Crippen LogP contribution in [-0.4, -0.2) is 23.5 Å². The van der Waals surface area contributed by atoms with E-state index in [1.165, 1.54) is 17.0 Å². The van der Waals surface area contributed by atoms with E-state index >= 15 is 0 Å². The number of benzene rings is 3. The fourth-order valence-corrected chi connectivity index (χ4v) is 8.43. The highest BCUT2D eigenvalue weighted by Crippen LogP contribution is 2.44. The van der Waals surface area contributed by atoms with Crippen molar-refractivity contribution in [1.82, 2.24) is 10.1 Å². The largest absolute Gasteiger partial charge is 0.416 e. The second-order valence-corrected chi connectivity index (χ2v) is 13.5. The van der Waals surface area contributed by atoms with Crippen molar-refractivity contribution >= 4 is 40.3 Å². The molecule has 7 nitrogen and oxygen atoms in total. The highest BCUT2D eigenvalue weighted by Gasteiger charge is 2.40. The zero-order valence-electron chi connectivity index (χ0n) is 21.5. The molecule has 2 atom stereocenters. The van der Waals surface area contributed by atoms with E-state index in [9.17, 15) is 23.5 Å². The molecule has 0 aliphatic carbocycles. The molecule has 208 valence electrons. The summed E-state index contributed by atoms with van der Waals surface area (Å²) in [5.74, 6) is -0.151. The number of pyridine rings is 1. The molecule has 0 saturated carbocycles. The van der Waals surface area contributed by atoms with Crippen molar-refractivity contribution in [2.45, 2.75) is 24.7 Å². The van der Waals surface area contributed by atoms with Crippen LogP contribution in [0.5, 0.6) is 0 Å². The van der Waals surface area contributed by atoms with Gasteiger partial charge in [0.15, 0.2) is 0 Å². The van der Waals surface area contributed by atoms with Crippen molar-refractivity contribution in [3.05, 3.63) is 130 Å². The Labute approximate surface area is 239 Å². The van der Waals surface area contributed by atoms with Gasteiger partial charge in [-0.05, 0) is 41.3 Å². The molecule has 1 amide bonds. The highest BCUT2D eigenvalue weighted by atomic mass is 32.4. The van der Waals surface area contributed by atoms with Gasteiger partial charge < -0.3 is 0 Å². The lowest BCUT2D eigenvalue weighted by Crippen LogP contribution is -2.45. The summed E-state index contributed by atoms with van der Waals surface area (Å²) in [5.41, 5.74) is 9.66. The first kappa shape index (κ1) is 28.5. The number of hydrogen-bond acceptors (Lipinski definition) is 4. The smallest absolute Gasteiger partial charge is 0.296 e. The number of carbonyl (C=O) groups is 1. The zero-order valence-corrected chi connectivity index (χ0v) is 23.2. The fraction of sp³-hybridized carbons (Fsp3) is 0.172. The molecule has 5 rings (SSSR count). The van der Waals surface area contributed by atoms with Crippen molar-refractivity contribution in [1.29, 1.82) is 0 Å². The Balaban J connectivity index is 1.68. The number of alkyl halides is 3.